The van der Waals surface area contributed by atoms with Gasteiger partial charge in [-0.1, -0.05) is 42.5 Å². The molecule has 0 aliphatic carbocycles. The van der Waals surface area contributed by atoms with E-state index in [0.717, 1.165) is 68.5 Å². The standard InChI is InChI=1S/C29H33N3O2S/c33-29(27-10-4-5-11-28(27)35-22-26-9-6-20-34-26)30-24-12-14-25(15-13-24)32-18-16-31(17-19-32)21-23-7-2-1-3-8-23/h1-5,7-8,10-15,26H,6,9,16-22H2,(H,30,33)/t26-/m1/s1. The summed E-state index contributed by atoms with van der Waals surface area (Å²) in [5, 5.41) is 3.08. The van der Waals surface area contributed by atoms with Crippen molar-refractivity contribution in [1.82, 2.24) is 4.90 Å². The van der Waals surface area contributed by atoms with Crippen molar-refractivity contribution >= 4 is 29.0 Å². The first kappa shape index (κ1) is 23.9. The lowest BCUT2D eigenvalue weighted by Crippen LogP contribution is -2.45. The highest BCUT2D eigenvalue weighted by Gasteiger charge is 2.19. The van der Waals surface area contributed by atoms with E-state index in [2.05, 4.69) is 57.6 Å². The van der Waals surface area contributed by atoms with Crippen LogP contribution in [-0.2, 0) is 11.3 Å². The molecule has 0 saturated carbocycles. The Morgan fingerprint density at radius 2 is 1.66 bits per heavy atom. The summed E-state index contributed by atoms with van der Waals surface area (Å²) in [4.78, 5) is 19.0. The van der Waals surface area contributed by atoms with E-state index >= 15 is 0 Å². The highest BCUT2D eigenvalue weighted by atomic mass is 32.2. The number of carbonyl (C=O) groups is 1. The van der Waals surface area contributed by atoms with Crippen molar-refractivity contribution < 1.29 is 9.53 Å². The molecule has 35 heavy (non-hydrogen) atoms. The number of nitrogens with zero attached hydrogens (tertiary/aromatic N) is 2. The molecule has 0 radical (unpaired) electrons. The molecule has 2 saturated heterocycles. The summed E-state index contributed by atoms with van der Waals surface area (Å²) in [6.07, 6.45) is 2.53. The highest BCUT2D eigenvalue weighted by Crippen LogP contribution is 2.28. The smallest absolute Gasteiger partial charge is 0.256 e. The van der Waals surface area contributed by atoms with E-state index in [1.807, 2.05) is 36.4 Å². The van der Waals surface area contributed by atoms with Gasteiger partial charge in [-0.25, -0.2) is 0 Å². The van der Waals surface area contributed by atoms with Gasteiger partial charge in [0.25, 0.3) is 5.91 Å². The minimum atomic E-state index is -0.0669. The summed E-state index contributed by atoms with van der Waals surface area (Å²) < 4.78 is 5.74. The van der Waals surface area contributed by atoms with Crippen molar-refractivity contribution in [2.75, 3.05) is 48.8 Å². The average molecular weight is 488 g/mol. The minimum absolute atomic E-state index is 0.0669. The van der Waals surface area contributed by atoms with Crippen molar-refractivity contribution in [3.8, 4) is 0 Å². The van der Waals surface area contributed by atoms with E-state index in [0.29, 0.717) is 11.7 Å². The van der Waals surface area contributed by atoms with Gasteiger partial charge in [-0.15, -0.1) is 11.8 Å². The molecule has 0 spiro atoms. The van der Waals surface area contributed by atoms with Gasteiger partial charge in [-0.3, -0.25) is 9.69 Å². The van der Waals surface area contributed by atoms with Gasteiger partial charge in [0.2, 0.25) is 0 Å². The van der Waals surface area contributed by atoms with E-state index in [9.17, 15) is 4.79 Å². The molecule has 5 nitrogen and oxygen atoms in total. The fraction of sp³-hybridized carbons (Fsp3) is 0.345. The Morgan fingerprint density at radius 1 is 0.914 bits per heavy atom. The fourth-order valence-electron chi connectivity index (χ4n) is 4.70. The molecule has 1 amide bonds. The van der Waals surface area contributed by atoms with Gasteiger partial charge in [0.05, 0.1) is 11.7 Å². The maximum Gasteiger partial charge on any atom is 0.256 e. The first-order valence-corrected chi connectivity index (χ1v) is 13.5. The molecule has 2 aliphatic heterocycles. The predicted molar refractivity (Wildman–Crippen MR) is 144 cm³/mol. The topological polar surface area (TPSA) is 44.8 Å². The summed E-state index contributed by atoms with van der Waals surface area (Å²) in [5.74, 6) is 0.820. The van der Waals surface area contributed by atoms with Crippen LogP contribution in [0.2, 0.25) is 0 Å². The molecule has 1 atom stereocenters. The van der Waals surface area contributed by atoms with Gasteiger partial charge in [0.1, 0.15) is 0 Å². The van der Waals surface area contributed by atoms with Crippen molar-refractivity contribution in [3.05, 3.63) is 90.0 Å². The number of amides is 1. The second-order valence-corrected chi connectivity index (χ2v) is 10.3. The van der Waals surface area contributed by atoms with Gasteiger partial charge in [-0.2, -0.15) is 0 Å². The second kappa shape index (κ2) is 11.8. The van der Waals surface area contributed by atoms with Crippen molar-refractivity contribution in [1.29, 1.82) is 0 Å². The summed E-state index contributed by atoms with van der Waals surface area (Å²) in [6, 6.07) is 26.7. The number of hydrogen-bond acceptors (Lipinski definition) is 5. The van der Waals surface area contributed by atoms with Crippen LogP contribution < -0.4 is 10.2 Å². The Morgan fingerprint density at radius 3 is 2.40 bits per heavy atom. The maximum absolute atomic E-state index is 13.0. The zero-order valence-electron chi connectivity index (χ0n) is 20.1. The van der Waals surface area contributed by atoms with E-state index in [1.54, 1.807) is 11.8 Å². The van der Waals surface area contributed by atoms with E-state index in [1.165, 1.54) is 11.3 Å². The average Bonchev–Trinajstić information content (AvgIpc) is 3.43. The van der Waals surface area contributed by atoms with E-state index in [4.69, 9.17) is 4.74 Å². The number of carbonyl (C=O) groups excluding carboxylic acids is 1. The van der Waals surface area contributed by atoms with Crippen LogP contribution in [-0.4, -0.2) is 55.4 Å². The molecule has 3 aromatic carbocycles. The number of thioether (sulfide) groups is 1. The minimum Gasteiger partial charge on any atom is -0.377 e. The van der Waals surface area contributed by atoms with Crippen LogP contribution in [0, 0.1) is 0 Å². The molecular formula is C29H33N3O2S. The first-order valence-electron chi connectivity index (χ1n) is 12.5. The molecule has 5 rings (SSSR count). The number of rotatable bonds is 8. The van der Waals surface area contributed by atoms with Crippen LogP contribution in [0.15, 0.2) is 83.8 Å². The van der Waals surface area contributed by atoms with Crippen LogP contribution in [0.4, 0.5) is 11.4 Å². The van der Waals surface area contributed by atoms with Gasteiger partial charge < -0.3 is 15.0 Å². The van der Waals surface area contributed by atoms with Crippen molar-refractivity contribution in [2.45, 2.75) is 30.4 Å². The predicted octanol–water partition coefficient (Wildman–Crippen LogP) is 5.53. The maximum atomic E-state index is 13.0. The first-order chi connectivity index (χ1) is 17.2. The SMILES string of the molecule is O=C(Nc1ccc(N2CCN(Cc3ccccc3)CC2)cc1)c1ccccc1SC[C@H]1CCCO1. The lowest BCUT2D eigenvalue weighted by Gasteiger charge is -2.36. The molecule has 182 valence electrons. The molecule has 0 aromatic heterocycles. The lowest BCUT2D eigenvalue weighted by atomic mass is 10.1. The summed E-state index contributed by atoms with van der Waals surface area (Å²) in [6.45, 7) is 5.98. The number of anilines is 2. The fourth-order valence-corrected chi connectivity index (χ4v) is 5.82. The Kier molecular flexibility index (Phi) is 8.03. The van der Waals surface area contributed by atoms with Crippen LogP contribution in [0.5, 0.6) is 0 Å². The lowest BCUT2D eigenvalue weighted by molar-refractivity contribution is 0.102. The zero-order valence-corrected chi connectivity index (χ0v) is 20.9. The molecule has 2 aliphatic rings. The largest absolute Gasteiger partial charge is 0.377 e. The quantitative estimate of drug-likeness (QED) is 0.423. The molecule has 0 unspecified atom stereocenters. The second-order valence-electron chi connectivity index (χ2n) is 9.19. The molecular weight excluding hydrogens is 454 g/mol. The molecule has 3 aromatic rings. The third-order valence-electron chi connectivity index (χ3n) is 6.69. The number of benzene rings is 3. The Hall–Kier alpha value is -2.80. The van der Waals surface area contributed by atoms with Crippen LogP contribution in [0.1, 0.15) is 28.8 Å². The number of ether oxygens (including phenoxy) is 1. The third-order valence-corrected chi connectivity index (χ3v) is 7.90. The molecule has 2 heterocycles. The molecule has 0 bridgehead atoms. The molecule has 2 fully saturated rings. The van der Waals surface area contributed by atoms with Crippen LogP contribution in [0.25, 0.3) is 0 Å². The van der Waals surface area contributed by atoms with Crippen molar-refractivity contribution in [3.63, 3.8) is 0 Å². The number of piperazine rings is 1. The normalized spacial score (nSPS) is 18.5. The van der Waals surface area contributed by atoms with E-state index in [-0.39, 0.29) is 5.91 Å². The van der Waals surface area contributed by atoms with Crippen LogP contribution in [0.3, 0.4) is 0 Å². The van der Waals surface area contributed by atoms with E-state index < -0.39 is 0 Å². The van der Waals surface area contributed by atoms with Gasteiger partial charge >= 0.3 is 0 Å². The molecule has 1 N–H and O–H groups in total. The van der Waals surface area contributed by atoms with Gasteiger partial charge in [-0.05, 0) is 54.8 Å². The van der Waals surface area contributed by atoms with Gasteiger partial charge in [0, 0.05) is 61.4 Å². The zero-order chi connectivity index (χ0) is 23.9. The Labute approximate surface area is 212 Å². The summed E-state index contributed by atoms with van der Waals surface area (Å²) >= 11 is 1.71. The summed E-state index contributed by atoms with van der Waals surface area (Å²) in [5.41, 5.74) is 4.11. The third kappa shape index (κ3) is 6.45. The number of nitrogens with one attached hydrogen (secondary N) is 1. The van der Waals surface area contributed by atoms with Crippen LogP contribution >= 0.6 is 11.8 Å². The summed E-state index contributed by atoms with van der Waals surface area (Å²) in [7, 11) is 0. The van der Waals surface area contributed by atoms with Gasteiger partial charge in [0.15, 0.2) is 0 Å². The highest BCUT2D eigenvalue weighted by molar-refractivity contribution is 7.99. The number of hydrogen-bond donors (Lipinski definition) is 1. The Balaban J connectivity index is 1.14. The van der Waals surface area contributed by atoms with Crippen molar-refractivity contribution in [2.24, 2.45) is 0 Å². The monoisotopic (exact) mass is 487 g/mol. The molecule has 6 heteroatoms. The Bertz CT molecular complexity index is 1090.